The van der Waals surface area contributed by atoms with Crippen molar-refractivity contribution in [3.05, 3.63) is 77.4 Å². The second-order valence-electron chi connectivity index (χ2n) is 17.7. The summed E-state index contributed by atoms with van der Waals surface area (Å²) in [4.78, 5) is 28.2. The number of allylic oxidation sites excluding steroid dienone is 2. The summed E-state index contributed by atoms with van der Waals surface area (Å²) in [5.41, 5.74) is 4.68. The monoisotopic (exact) mass is 664 g/mol. The third-order valence-corrected chi connectivity index (χ3v) is 15.4. The Morgan fingerprint density at radius 2 is 1.59 bits per heavy atom. The van der Waals surface area contributed by atoms with Crippen LogP contribution in [0.1, 0.15) is 120 Å². The van der Waals surface area contributed by atoms with E-state index in [1.165, 1.54) is 61.6 Å². The second kappa shape index (κ2) is 13.0. The molecule has 4 fully saturated rings. The van der Waals surface area contributed by atoms with Gasteiger partial charge in [0.05, 0.1) is 11.0 Å². The van der Waals surface area contributed by atoms with E-state index < -0.39 is 5.97 Å². The molecule has 0 heterocycles. The van der Waals surface area contributed by atoms with Crippen LogP contribution in [0.15, 0.2) is 60.7 Å². The second-order valence-corrected chi connectivity index (χ2v) is 17.7. The summed E-state index contributed by atoms with van der Waals surface area (Å²) in [6.07, 6.45) is 14.5. The number of carbonyl (C=O) groups excluding carboxylic acids is 1. The van der Waals surface area contributed by atoms with Crippen molar-refractivity contribution in [2.75, 3.05) is 19.6 Å². The average Bonchev–Trinajstić information content (AvgIpc) is 3.54. The zero-order chi connectivity index (χ0) is 34.6. The number of rotatable bonds is 9. The highest BCUT2D eigenvalue weighted by Gasteiger charge is 2.66. The van der Waals surface area contributed by atoms with Gasteiger partial charge in [-0.2, -0.15) is 0 Å². The van der Waals surface area contributed by atoms with Crippen molar-refractivity contribution in [3.8, 4) is 0 Å². The first kappa shape index (κ1) is 34.5. The SMILES string of the molecule is CCN(CCNC(=O)[C@]12CCCC1[C@H]1CCC3[C@@](C)(CCC4C(C)(C)C(c5ccc(C(=O)O)cc5)=CC[C@@]43C)C1CC2)Cc1ccccc1. The minimum absolute atomic E-state index is 0.0234. The van der Waals surface area contributed by atoms with Crippen LogP contribution in [0.25, 0.3) is 5.57 Å². The van der Waals surface area contributed by atoms with Crippen LogP contribution in [-0.4, -0.2) is 41.5 Å². The Morgan fingerprint density at radius 3 is 2.31 bits per heavy atom. The first-order valence-electron chi connectivity index (χ1n) is 19.5. The van der Waals surface area contributed by atoms with Crippen molar-refractivity contribution in [1.82, 2.24) is 10.2 Å². The highest BCUT2D eigenvalue weighted by Crippen LogP contribution is 2.73. The largest absolute Gasteiger partial charge is 0.478 e. The Kier molecular flexibility index (Phi) is 9.16. The first-order chi connectivity index (χ1) is 23.4. The lowest BCUT2D eigenvalue weighted by Crippen LogP contribution is -2.62. The van der Waals surface area contributed by atoms with Crippen LogP contribution >= 0.6 is 0 Å². The summed E-state index contributed by atoms with van der Waals surface area (Å²) < 4.78 is 0. The molecule has 49 heavy (non-hydrogen) atoms. The molecule has 5 aliphatic carbocycles. The minimum Gasteiger partial charge on any atom is -0.478 e. The molecule has 0 aliphatic heterocycles. The van der Waals surface area contributed by atoms with E-state index in [9.17, 15) is 14.7 Å². The molecule has 0 aromatic heterocycles. The third kappa shape index (κ3) is 5.71. The first-order valence-corrected chi connectivity index (χ1v) is 19.5. The molecule has 2 aromatic rings. The van der Waals surface area contributed by atoms with Crippen LogP contribution in [0.4, 0.5) is 0 Å². The number of nitrogens with zero attached hydrogens (tertiary/aromatic N) is 1. The minimum atomic E-state index is -0.866. The number of hydrogen-bond donors (Lipinski definition) is 2. The van der Waals surface area contributed by atoms with Gasteiger partial charge in [-0.15, -0.1) is 0 Å². The van der Waals surface area contributed by atoms with Crippen LogP contribution in [0.5, 0.6) is 0 Å². The summed E-state index contributed by atoms with van der Waals surface area (Å²) in [6, 6.07) is 18.2. The lowest BCUT2D eigenvalue weighted by Gasteiger charge is -2.68. The van der Waals surface area contributed by atoms with Crippen molar-refractivity contribution in [1.29, 1.82) is 0 Å². The predicted octanol–water partition coefficient (Wildman–Crippen LogP) is 9.48. The molecular weight excluding hydrogens is 604 g/mol. The van der Waals surface area contributed by atoms with Gasteiger partial charge in [-0.25, -0.2) is 4.79 Å². The Bertz CT molecular complexity index is 1560. The Hall–Kier alpha value is -2.92. The molecule has 0 bridgehead atoms. The normalized spacial score (nSPS) is 36.1. The molecule has 8 atom stereocenters. The van der Waals surface area contributed by atoms with Crippen LogP contribution in [0.2, 0.25) is 0 Å². The van der Waals surface area contributed by atoms with Gasteiger partial charge in [0.2, 0.25) is 5.91 Å². The van der Waals surface area contributed by atoms with Crippen molar-refractivity contribution in [3.63, 3.8) is 0 Å². The molecule has 264 valence electrons. The standard InChI is InChI=1S/C44H60N2O3/c1-6-46(29-30-11-8-7-9-12-30)28-27-45-40(49)44-23-10-13-36(44)33-18-19-38-42(4,35(33)21-26-44)25-22-37-41(2,3)34(20-24-43(37,38)5)31-14-16-32(17-15-31)39(47)48/h7-9,11-12,14-17,20,33,35-38H,6,10,13,18-19,21-29H2,1-5H3,(H,45,49)(H,47,48)/t33-,35?,36?,37?,38?,42-,43-,44-/m0/s1. The fourth-order valence-electron chi connectivity index (χ4n) is 13.2. The number of carboxylic acid groups (broad SMARTS) is 1. The highest BCUT2D eigenvalue weighted by molar-refractivity contribution is 5.88. The Balaban J connectivity index is 1.05. The van der Waals surface area contributed by atoms with E-state index >= 15 is 0 Å². The van der Waals surface area contributed by atoms with Gasteiger partial charge >= 0.3 is 5.97 Å². The summed E-state index contributed by atoms with van der Waals surface area (Å²) >= 11 is 0. The molecule has 5 nitrogen and oxygen atoms in total. The molecule has 2 N–H and O–H groups in total. The number of fused-ring (bicyclic) bond motifs is 7. The number of amides is 1. The van der Waals surface area contributed by atoms with Gasteiger partial charge in [0.1, 0.15) is 0 Å². The molecule has 0 spiro atoms. The van der Waals surface area contributed by atoms with Crippen molar-refractivity contribution < 1.29 is 14.7 Å². The maximum Gasteiger partial charge on any atom is 0.335 e. The maximum atomic E-state index is 14.2. The summed E-state index contributed by atoms with van der Waals surface area (Å²) in [7, 11) is 0. The molecule has 5 heteroatoms. The van der Waals surface area contributed by atoms with E-state index in [0.717, 1.165) is 45.4 Å². The zero-order valence-corrected chi connectivity index (χ0v) is 30.8. The van der Waals surface area contributed by atoms with Crippen LogP contribution in [-0.2, 0) is 11.3 Å². The van der Waals surface area contributed by atoms with E-state index in [2.05, 4.69) is 81.2 Å². The Morgan fingerprint density at radius 1 is 0.837 bits per heavy atom. The van der Waals surface area contributed by atoms with E-state index in [4.69, 9.17) is 0 Å². The quantitative estimate of drug-likeness (QED) is 0.280. The lowest BCUT2D eigenvalue weighted by atomic mass is 9.36. The molecular formula is C44H60N2O3. The molecule has 0 radical (unpaired) electrons. The van der Waals surface area contributed by atoms with Gasteiger partial charge in [0.15, 0.2) is 0 Å². The number of nitrogens with one attached hydrogen (secondary N) is 1. The fraction of sp³-hybridized carbons (Fsp3) is 0.636. The zero-order valence-electron chi connectivity index (χ0n) is 30.8. The van der Waals surface area contributed by atoms with E-state index in [1.807, 2.05) is 12.1 Å². The molecule has 4 saturated carbocycles. The number of hydrogen-bond acceptors (Lipinski definition) is 3. The van der Waals surface area contributed by atoms with E-state index in [1.54, 1.807) is 12.1 Å². The summed E-state index contributed by atoms with van der Waals surface area (Å²) in [5.74, 6) is 2.70. The van der Waals surface area contributed by atoms with Crippen molar-refractivity contribution in [2.45, 2.75) is 105 Å². The molecule has 4 unspecified atom stereocenters. The number of carboxylic acids is 1. The average molecular weight is 665 g/mol. The van der Waals surface area contributed by atoms with E-state index in [-0.39, 0.29) is 16.2 Å². The Labute approximate surface area is 295 Å². The highest BCUT2D eigenvalue weighted by atomic mass is 16.4. The van der Waals surface area contributed by atoms with Gasteiger partial charge < -0.3 is 10.4 Å². The predicted molar refractivity (Wildman–Crippen MR) is 198 cm³/mol. The number of carbonyl (C=O) groups is 2. The molecule has 2 aromatic carbocycles. The van der Waals surface area contributed by atoms with Crippen LogP contribution in [0.3, 0.4) is 0 Å². The number of aromatic carboxylic acids is 1. The topological polar surface area (TPSA) is 69.6 Å². The maximum absolute atomic E-state index is 14.2. The summed E-state index contributed by atoms with van der Waals surface area (Å²) in [5, 5.41) is 12.9. The lowest BCUT2D eigenvalue weighted by molar-refractivity contribution is -0.181. The molecule has 1 amide bonds. The van der Waals surface area contributed by atoms with Crippen molar-refractivity contribution >= 4 is 17.4 Å². The van der Waals surface area contributed by atoms with E-state index in [0.29, 0.717) is 46.5 Å². The third-order valence-electron chi connectivity index (χ3n) is 15.4. The fourth-order valence-corrected chi connectivity index (χ4v) is 13.2. The van der Waals surface area contributed by atoms with Crippen LogP contribution in [0, 0.1) is 51.2 Å². The smallest absolute Gasteiger partial charge is 0.335 e. The summed E-state index contributed by atoms with van der Waals surface area (Å²) in [6.45, 7) is 15.9. The number of benzene rings is 2. The molecule has 5 aliphatic rings. The molecule has 0 saturated heterocycles. The van der Waals surface area contributed by atoms with Crippen LogP contribution < -0.4 is 5.32 Å². The number of likely N-dealkylation sites (N-methyl/N-ethyl adjacent to an activating group) is 1. The van der Waals surface area contributed by atoms with Gasteiger partial charge in [-0.1, -0.05) is 89.6 Å². The van der Waals surface area contributed by atoms with Gasteiger partial charge in [-0.05, 0) is 139 Å². The van der Waals surface area contributed by atoms with Crippen molar-refractivity contribution in [2.24, 2.45) is 51.2 Å². The molecule has 7 rings (SSSR count). The van der Waals surface area contributed by atoms with Gasteiger partial charge in [0.25, 0.3) is 0 Å². The van der Waals surface area contributed by atoms with Gasteiger partial charge in [0, 0.05) is 19.6 Å². The van der Waals surface area contributed by atoms with Gasteiger partial charge in [-0.3, -0.25) is 9.69 Å².